The largest absolute Gasteiger partial charge is 0.494 e. The Morgan fingerprint density at radius 1 is 1.09 bits per heavy atom. The van der Waals surface area contributed by atoms with Crippen LogP contribution in [0.2, 0.25) is 0 Å². The minimum Gasteiger partial charge on any atom is -0.494 e. The number of imide groups is 1. The number of ketones is 1. The minimum atomic E-state index is -0.760. The molecular formula is C17H12FNO4. The minimum absolute atomic E-state index is 0.0396. The number of carbonyl (C=O) groups is 3. The van der Waals surface area contributed by atoms with Crippen LogP contribution in [-0.2, 0) is 0 Å². The second-order valence-electron chi connectivity index (χ2n) is 5.05. The SMILES string of the molecule is COc1cc(C(C)=O)c(N2C(=O)c3ccccc3C2=O)cc1F. The summed E-state index contributed by atoms with van der Waals surface area (Å²) in [7, 11) is 1.27. The predicted octanol–water partition coefficient (Wildman–Crippen LogP) is 2.84. The molecule has 0 spiro atoms. The summed E-state index contributed by atoms with van der Waals surface area (Å²) in [5.74, 6) is -2.47. The van der Waals surface area contributed by atoms with Crippen molar-refractivity contribution in [1.82, 2.24) is 0 Å². The maximum Gasteiger partial charge on any atom is 0.266 e. The van der Waals surface area contributed by atoms with Gasteiger partial charge in [-0.2, -0.15) is 0 Å². The van der Waals surface area contributed by atoms with Crippen LogP contribution in [0.15, 0.2) is 36.4 Å². The lowest BCUT2D eigenvalue weighted by Gasteiger charge is -2.18. The molecule has 3 rings (SSSR count). The molecule has 0 radical (unpaired) electrons. The summed E-state index contributed by atoms with van der Waals surface area (Å²) >= 11 is 0. The quantitative estimate of drug-likeness (QED) is 0.645. The highest BCUT2D eigenvalue weighted by Gasteiger charge is 2.38. The van der Waals surface area contributed by atoms with Gasteiger partial charge in [-0.25, -0.2) is 9.29 Å². The second-order valence-corrected chi connectivity index (χ2v) is 5.05. The molecule has 0 saturated carbocycles. The zero-order chi connectivity index (χ0) is 16.7. The van der Waals surface area contributed by atoms with Crippen molar-refractivity contribution in [3.05, 3.63) is 58.9 Å². The maximum atomic E-state index is 14.0. The van der Waals surface area contributed by atoms with E-state index < -0.39 is 23.4 Å². The maximum absolute atomic E-state index is 14.0. The molecule has 0 bridgehead atoms. The molecule has 2 aromatic rings. The van der Waals surface area contributed by atoms with Crippen molar-refractivity contribution in [2.24, 2.45) is 0 Å². The molecule has 0 fully saturated rings. The van der Waals surface area contributed by atoms with E-state index in [0.717, 1.165) is 11.0 Å². The number of amides is 2. The van der Waals surface area contributed by atoms with Gasteiger partial charge >= 0.3 is 0 Å². The Morgan fingerprint density at radius 3 is 2.13 bits per heavy atom. The molecule has 1 heterocycles. The summed E-state index contributed by atoms with van der Waals surface area (Å²) < 4.78 is 18.9. The first-order chi connectivity index (χ1) is 11.0. The summed E-state index contributed by atoms with van der Waals surface area (Å²) in [6.07, 6.45) is 0. The number of fused-ring (bicyclic) bond motifs is 1. The van der Waals surface area contributed by atoms with Gasteiger partial charge in [0, 0.05) is 11.6 Å². The van der Waals surface area contributed by atoms with E-state index in [4.69, 9.17) is 4.74 Å². The van der Waals surface area contributed by atoms with Crippen molar-refractivity contribution in [3.8, 4) is 5.75 Å². The van der Waals surface area contributed by atoms with Crippen LogP contribution in [0.3, 0.4) is 0 Å². The number of hydrogen-bond acceptors (Lipinski definition) is 4. The Bertz CT molecular complexity index is 825. The van der Waals surface area contributed by atoms with Crippen LogP contribution < -0.4 is 9.64 Å². The van der Waals surface area contributed by atoms with E-state index in [2.05, 4.69) is 0 Å². The number of Topliss-reactive ketones (excluding diaryl/α,β-unsaturated/α-hetero) is 1. The molecule has 0 aromatic heterocycles. The van der Waals surface area contributed by atoms with Crippen molar-refractivity contribution in [1.29, 1.82) is 0 Å². The van der Waals surface area contributed by atoms with E-state index in [0.29, 0.717) is 0 Å². The third-order valence-electron chi connectivity index (χ3n) is 3.68. The molecule has 0 aliphatic carbocycles. The number of hydrogen-bond donors (Lipinski definition) is 0. The molecule has 5 nitrogen and oxygen atoms in total. The fourth-order valence-electron chi connectivity index (χ4n) is 2.57. The van der Waals surface area contributed by atoms with Crippen molar-refractivity contribution in [2.75, 3.05) is 12.0 Å². The monoisotopic (exact) mass is 313 g/mol. The van der Waals surface area contributed by atoms with E-state index in [1.165, 1.54) is 32.2 Å². The van der Waals surface area contributed by atoms with Gasteiger partial charge in [0.05, 0.1) is 23.9 Å². The lowest BCUT2D eigenvalue weighted by atomic mass is 10.1. The number of nitrogens with zero attached hydrogens (tertiary/aromatic N) is 1. The van der Waals surface area contributed by atoms with E-state index in [1.807, 2.05) is 0 Å². The average molecular weight is 313 g/mol. The standard InChI is InChI=1S/C17H12FNO4/c1-9(20)12-7-15(23-2)13(18)8-14(12)19-16(21)10-5-3-4-6-11(10)17(19)22/h3-8H,1-2H3. The van der Waals surface area contributed by atoms with Crippen molar-refractivity contribution in [3.63, 3.8) is 0 Å². The fraction of sp³-hybridized carbons (Fsp3) is 0.118. The van der Waals surface area contributed by atoms with Crippen molar-refractivity contribution < 1.29 is 23.5 Å². The topological polar surface area (TPSA) is 63.7 Å². The first kappa shape index (κ1) is 14.9. The van der Waals surface area contributed by atoms with E-state index in [1.54, 1.807) is 12.1 Å². The first-order valence-electron chi connectivity index (χ1n) is 6.82. The fourth-order valence-corrected chi connectivity index (χ4v) is 2.57. The summed E-state index contributed by atoms with van der Waals surface area (Å²) in [5.41, 5.74) is 0.409. The molecule has 0 saturated heterocycles. The molecule has 2 amide bonds. The first-order valence-corrected chi connectivity index (χ1v) is 6.82. The number of ether oxygens (including phenoxy) is 1. The summed E-state index contributed by atoms with van der Waals surface area (Å²) in [5, 5.41) is 0. The molecule has 0 atom stereocenters. The number of carbonyl (C=O) groups excluding carboxylic acids is 3. The third-order valence-corrected chi connectivity index (χ3v) is 3.68. The van der Waals surface area contributed by atoms with Gasteiger partial charge in [-0.15, -0.1) is 0 Å². The second kappa shape index (κ2) is 5.31. The normalized spacial score (nSPS) is 13.3. The smallest absolute Gasteiger partial charge is 0.266 e. The van der Waals surface area contributed by atoms with Crippen LogP contribution in [0, 0.1) is 5.82 Å². The highest BCUT2D eigenvalue weighted by atomic mass is 19.1. The molecule has 23 heavy (non-hydrogen) atoms. The predicted molar refractivity (Wildman–Crippen MR) is 80.5 cm³/mol. The molecule has 6 heteroatoms. The van der Waals surface area contributed by atoms with Crippen molar-refractivity contribution >= 4 is 23.3 Å². The van der Waals surface area contributed by atoms with Crippen LogP contribution >= 0.6 is 0 Å². The van der Waals surface area contributed by atoms with E-state index in [9.17, 15) is 18.8 Å². The third kappa shape index (κ3) is 2.19. The lowest BCUT2D eigenvalue weighted by molar-refractivity contribution is 0.0926. The van der Waals surface area contributed by atoms with Crippen LogP contribution in [0.5, 0.6) is 5.75 Å². The molecule has 116 valence electrons. The van der Waals surface area contributed by atoms with Gasteiger partial charge in [-0.1, -0.05) is 12.1 Å². The molecule has 2 aromatic carbocycles. The highest BCUT2D eigenvalue weighted by molar-refractivity contribution is 6.35. The molecule has 1 aliphatic rings. The highest BCUT2D eigenvalue weighted by Crippen LogP contribution is 2.34. The molecular weight excluding hydrogens is 301 g/mol. The summed E-state index contributed by atoms with van der Waals surface area (Å²) in [4.78, 5) is 37.7. The van der Waals surface area contributed by atoms with Gasteiger partial charge in [0.15, 0.2) is 17.3 Å². The summed E-state index contributed by atoms with van der Waals surface area (Å²) in [6, 6.07) is 8.46. The Morgan fingerprint density at radius 2 is 1.65 bits per heavy atom. The number of rotatable bonds is 3. The Hall–Kier alpha value is -3.02. The molecule has 0 N–H and O–H groups in total. The number of anilines is 1. The van der Waals surface area contributed by atoms with Crippen molar-refractivity contribution in [2.45, 2.75) is 6.92 Å². The van der Waals surface area contributed by atoms with Crippen LogP contribution in [0.4, 0.5) is 10.1 Å². The lowest BCUT2D eigenvalue weighted by Crippen LogP contribution is -2.31. The van der Waals surface area contributed by atoms with Gasteiger partial charge in [-0.3, -0.25) is 14.4 Å². The number of halogens is 1. The van der Waals surface area contributed by atoms with Gasteiger partial charge in [-0.05, 0) is 25.1 Å². The average Bonchev–Trinajstić information content (AvgIpc) is 2.79. The number of benzene rings is 2. The van der Waals surface area contributed by atoms with Gasteiger partial charge in [0.2, 0.25) is 0 Å². The molecule has 0 unspecified atom stereocenters. The zero-order valence-electron chi connectivity index (χ0n) is 12.4. The van der Waals surface area contributed by atoms with Gasteiger partial charge < -0.3 is 4.74 Å². The Balaban J connectivity index is 2.20. The Kier molecular flexibility index (Phi) is 3.44. The van der Waals surface area contributed by atoms with E-state index >= 15 is 0 Å². The number of methoxy groups -OCH3 is 1. The zero-order valence-corrected chi connectivity index (χ0v) is 12.4. The Labute approximate surface area is 131 Å². The van der Waals surface area contributed by atoms with E-state index in [-0.39, 0.29) is 28.1 Å². The van der Waals surface area contributed by atoms with Gasteiger partial charge in [0.1, 0.15) is 0 Å². The summed E-state index contributed by atoms with van der Waals surface area (Å²) in [6.45, 7) is 1.27. The van der Waals surface area contributed by atoms with Crippen LogP contribution in [0.25, 0.3) is 0 Å². The van der Waals surface area contributed by atoms with Crippen LogP contribution in [0.1, 0.15) is 38.0 Å². The van der Waals surface area contributed by atoms with Crippen LogP contribution in [-0.4, -0.2) is 24.7 Å². The van der Waals surface area contributed by atoms with Gasteiger partial charge in [0.25, 0.3) is 11.8 Å². The molecule has 1 aliphatic heterocycles.